The largest absolute Gasteiger partial charge is 0.496 e. The summed E-state index contributed by atoms with van der Waals surface area (Å²) in [6.45, 7) is 1.09. The maximum absolute atomic E-state index is 12.0. The van der Waals surface area contributed by atoms with Gasteiger partial charge in [0.1, 0.15) is 5.75 Å². The standard InChI is InChI=1S/C18H21N3O2/c1-23-16-7-3-2-6-15(16)18(8-9-18)13-21-17(22)20-12-14-5-4-10-19-11-14/h2-7,10-11H,8-9,12-13H2,1H3,(H2,20,21,22). The predicted octanol–water partition coefficient (Wildman–Crippen LogP) is 2.62. The third-order valence-corrected chi connectivity index (χ3v) is 4.30. The van der Waals surface area contributed by atoms with Gasteiger partial charge >= 0.3 is 6.03 Å². The molecular weight excluding hydrogens is 290 g/mol. The minimum Gasteiger partial charge on any atom is -0.496 e. The van der Waals surface area contributed by atoms with Gasteiger partial charge in [-0.3, -0.25) is 4.98 Å². The molecule has 5 heteroatoms. The Bertz CT molecular complexity index is 669. The molecule has 23 heavy (non-hydrogen) atoms. The molecule has 0 unspecified atom stereocenters. The van der Waals surface area contributed by atoms with Gasteiger partial charge in [-0.2, -0.15) is 0 Å². The monoisotopic (exact) mass is 311 g/mol. The molecule has 3 rings (SSSR count). The summed E-state index contributed by atoms with van der Waals surface area (Å²) in [6, 6.07) is 11.7. The minimum absolute atomic E-state index is 0.0121. The third kappa shape index (κ3) is 3.62. The fraction of sp³-hybridized carbons (Fsp3) is 0.333. The Hall–Kier alpha value is -2.56. The second-order valence-electron chi connectivity index (χ2n) is 5.88. The molecule has 2 amide bonds. The normalized spacial score (nSPS) is 14.8. The lowest BCUT2D eigenvalue weighted by molar-refractivity contribution is 0.239. The van der Waals surface area contributed by atoms with Crippen molar-refractivity contribution in [3.63, 3.8) is 0 Å². The quantitative estimate of drug-likeness (QED) is 0.862. The summed E-state index contributed by atoms with van der Waals surface area (Å²) in [4.78, 5) is 16.0. The number of amides is 2. The molecule has 1 fully saturated rings. The number of rotatable bonds is 6. The first-order valence-corrected chi connectivity index (χ1v) is 7.78. The number of para-hydroxylation sites is 1. The smallest absolute Gasteiger partial charge is 0.315 e. The zero-order valence-electron chi connectivity index (χ0n) is 13.2. The number of nitrogens with one attached hydrogen (secondary N) is 2. The van der Waals surface area contributed by atoms with Gasteiger partial charge in [0.25, 0.3) is 0 Å². The van der Waals surface area contributed by atoms with E-state index in [1.165, 1.54) is 5.56 Å². The number of nitrogens with zero attached hydrogens (tertiary/aromatic N) is 1. The van der Waals surface area contributed by atoms with Crippen molar-refractivity contribution < 1.29 is 9.53 Å². The van der Waals surface area contributed by atoms with Gasteiger partial charge in [-0.15, -0.1) is 0 Å². The van der Waals surface area contributed by atoms with Crippen LogP contribution in [0.3, 0.4) is 0 Å². The van der Waals surface area contributed by atoms with E-state index in [4.69, 9.17) is 4.74 Å². The van der Waals surface area contributed by atoms with Crippen molar-refractivity contribution in [1.82, 2.24) is 15.6 Å². The molecule has 5 nitrogen and oxygen atoms in total. The van der Waals surface area contributed by atoms with Gasteiger partial charge in [0.15, 0.2) is 0 Å². The van der Waals surface area contributed by atoms with E-state index >= 15 is 0 Å². The first-order chi connectivity index (χ1) is 11.2. The number of urea groups is 1. The molecule has 120 valence electrons. The minimum atomic E-state index is -0.157. The second-order valence-corrected chi connectivity index (χ2v) is 5.88. The van der Waals surface area contributed by atoms with Crippen LogP contribution in [0.4, 0.5) is 4.79 Å². The molecule has 0 atom stereocenters. The average Bonchev–Trinajstić information content (AvgIpc) is 3.40. The van der Waals surface area contributed by atoms with Crippen LogP contribution >= 0.6 is 0 Å². The van der Waals surface area contributed by atoms with Gasteiger partial charge in [-0.05, 0) is 30.5 Å². The lowest BCUT2D eigenvalue weighted by Crippen LogP contribution is -2.39. The van der Waals surface area contributed by atoms with Crippen molar-refractivity contribution in [3.8, 4) is 5.75 Å². The Morgan fingerprint density at radius 1 is 1.22 bits per heavy atom. The van der Waals surface area contributed by atoms with Gasteiger partial charge in [0, 0.05) is 36.5 Å². The van der Waals surface area contributed by atoms with E-state index in [2.05, 4.69) is 21.7 Å². The molecule has 2 N–H and O–H groups in total. The number of aromatic nitrogens is 1. The van der Waals surface area contributed by atoms with Crippen molar-refractivity contribution in [1.29, 1.82) is 0 Å². The van der Waals surface area contributed by atoms with Gasteiger partial charge in [-0.1, -0.05) is 24.3 Å². The SMILES string of the molecule is COc1ccccc1C1(CNC(=O)NCc2cccnc2)CC1. The number of carbonyl (C=O) groups excluding carboxylic acids is 1. The van der Waals surface area contributed by atoms with Crippen LogP contribution in [-0.4, -0.2) is 24.7 Å². The fourth-order valence-corrected chi connectivity index (χ4v) is 2.77. The van der Waals surface area contributed by atoms with Crippen LogP contribution in [0.15, 0.2) is 48.8 Å². The number of benzene rings is 1. The Morgan fingerprint density at radius 3 is 2.74 bits per heavy atom. The summed E-state index contributed by atoms with van der Waals surface area (Å²) >= 11 is 0. The zero-order valence-corrected chi connectivity index (χ0v) is 13.2. The van der Waals surface area contributed by atoms with Crippen LogP contribution in [0, 0.1) is 0 Å². The molecule has 1 aromatic carbocycles. The lowest BCUT2D eigenvalue weighted by Gasteiger charge is -2.19. The second kappa shape index (κ2) is 6.69. The van der Waals surface area contributed by atoms with E-state index in [0.717, 1.165) is 24.2 Å². The molecular formula is C18H21N3O2. The van der Waals surface area contributed by atoms with Crippen molar-refractivity contribution in [2.24, 2.45) is 0 Å². The highest BCUT2D eigenvalue weighted by molar-refractivity contribution is 5.74. The molecule has 1 aliphatic carbocycles. The van der Waals surface area contributed by atoms with Crippen LogP contribution in [-0.2, 0) is 12.0 Å². The summed E-state index contributed by atoms with van der Waals surface area (Å²) in [5.41, 5.74) is 2.17. The van der Waals surface area contributed by atoms with Crippen molar-refractivity contribution in [3.05, 3.63) is 59.9 Å². The first kappa shape index (κ1) is 15.3. The maximum atomic E-state index is 12.0. The molecule has 0 radical (unpaired) electrons. The number of pyridine rings is 1. The van der Waals surface area contributed by atoms with Crippen molar-refractivity contribution in [2.45, 2.75) is 24.8 Å². The predicted molar refractivity (Wildman–Crippen MR) is 88.4 cm³/mol. The molecule has 1 saturated carbocycles. The highest BCUT2D eigenvalue weighted by Gasteiger charge is 2.46. The highest BCUT2D eigenvalue weighted by Crippen LogP contribution is 2.50. The summed E-state index contributed by atoms with van der Waals surface area (Å²) in [5.74, 6) is 0.891. The van der Waals surface area contributed by atoms with Crippen LogP contribution in [0.1, 0.15) is 24.0 Å². The van der Waals surface area contributed by atoms with Crippen molar-refractivity contribution >= 4 is 6.03 Å². The Balaban J connectivity index is 1.54. The van der Waals surface area contributed by atoms with E-state index in [0.29, 0.717) is 13.1 Å². The zero-order chi connectivity index (χ0) is 16.1. The first-order valence-electron chi connectivity index (χ1n) is 7.78. The van der Waals surface area contributed by atoms with Gasteiger partial charge in [-0.25, -0.2) is 4.79 Å². The lowest BCUT2D eigenvalue weighted by atomic mass is 9.95. The summed E-state index contributed by atoms with van der Waals surface area (Å²) in [6.07, 6.45) is 5.59. The van der Waals surface area contributed by atoms with Gasteiger partial charge < -0.3 is 15.4 Å². The van der Waals surface area contributed by atoms with Crippen LogP contribution in [0.5, 0.6) is 5.75 Å². The van der Waals surface area contributed by atoms with E-state index in [-0.39, 0.29) is 11.4 Å². The maximum Gasteiger partial charge on any atom is 0.315 e. The number of carbonyl (C=O) groups is 1. The molecule has 0 spiro atoms. The molecule has 0 aliphatic heterocycles. The van der Waals surface area contributed by atoms with Crippen molar-refractivity contribution in [2.75, 3.05) is 13.7 Å². The molecule has 0 saturated heterocycles. The number of ether oxygens (including phenoxy) is 1. The van der Waals surface area contributed by atoms with Crippen LogP contribution < -0.4 is 15.4 Å². The fourth-order valence-electron chi connectivity index (χ4n) is 2.77. The Labute approximate surface area is 136 Å². The van der Waals surface area contributed by atoms with Crippen LogP contribution in [0.25, 0.3) is 0 Å². The molecule has 1 aromatic heterocycles. The number of hydrogen-bond acceptors (Lipinski definition) is 3. The Kier molecular flexibility index (Phi) is 4.46. The number of methoxy groups -OCH3 is 1. The summed E-state index contributed by atoms with van der Waals surface area (Å²) in [5, 5.41) is 5.84. The van der Waals surface area contributed by atoms with E-state index in [1.54, 1.807) is 19.5 Å². The van der Waals surface area contributed by atoms with Gasteiger partial charge in [0.05, 0.1) is 7.11 Å². The van der Waals surface area contributed by atoms with E-state index in [1.807, 2.05) is 30.3 Å². The summed E-state index contributed by atoms with van der Waals surface area (Å²) < 4.78 is 5.45. The van der Waals surface area contributed by atoms with E-state index in [9.17, 15) is 4.79 Å². The average molecular weight is 311 g/mol. The third-order valence-electron chi connectivity index (χ3n) is 4.30. The Morgan fingerprint density at radius 2 is 2.04 bits per heavy atom. The van der Waals surface area contributed by atoms with E-state index < -0.39 is 0 Å². The topological polar surface area (TPSA) is 63.2 Å². The molecule has 1 heterocycles. The molecule has 2 aromatic rings. The molecule has 1 aliphatic rings. The molecule has 0 bridgehead atoms. The summed E-state index contributed by atoms with van der Waals surface area (Å²) in [7, 11) is 1.68. The highest BCUT2D eigenvalue weighted by atomic mass is 16.5. The van der Waals surface area contributed by atoms with Gasteiger partial charge in [0.2, 0.25) is 0 Å². The van der Waals surface area contributed by atoms with Crippen LogP contribution in [0.2, 0.25) is 0 Å². The number of hydrogen-bond donors (Lipinski definition) is 2.